The minimum absolute atomic E-state index is 0.955. The Hall–Kier alpha value is -6.53. The number of aryl methyl sites for hydroxylation is 2. The number of H-pyrrole nitrogens is 1. The molecule has 4 aromatic heterocycles. The maximum absolute atomic E-state index is 4.32. The highest BCUT2D eigenvalue weighted by Crippen LogP contribution is 2.45. The van der Waals surface area contributed by atoms with Gasteiger partial charge in [0.15, 0.2) is 0 Å². The lowest BCUT2D eigenvalue weighted by atomic mass is 9.83. The fourth-order valence-corrected chi connectivity index (χ4v) is 8.66. The van der Waals surface area contributed by atoms with Gasteiger partial charge in [0.1, 0.15) is 6.33 Å². The standard InChI is InChI=1S/C45H32N6/c1-3-7-33(8-4-1)50-42-15-13-28(32-23-46-26-47-24-32)17-37(42)39-18-29-11-12-30-19-40-38-20-31(41-25-48-27-49-41)14-16-43(38)51(34-9-5-2-6-10-34)45(40)22-36(30)35(29)21-44(39)50/h1-10,14,16-27H,11-13,15H2,(H,48,49). The molecule has 242 valence electrons. The van der Waals surface area contributed by atoms with E-state index in [1.54, 1.807) is 12.7 Å². The molecule has 0 spiro atoms. The van der Waals surface area contributed by atoms with Gasteiger partial charge in [-0.15, -0.1) is 0 Å². The number of nitrogens with zero attached hydrogens (tertiary/aromatic N) is 5. The lowest BCUT2D eigenvalue weighted by molar-refractivity contribution is 0.896. The first-order valence-electron chi connectivity index (χ1n) is 17.7. The first-order chi connectivity index (χ1) is 25.3. The van der Waals surface area contributed by atoms with Crippen LogP contribution in [0.2, 0.25) is 0 Å². The molecular formula is C45H32N6. The lowest BCUT2D eigenvalue weighted by Crippen LogP contribution is -2.06. The third kappa shape index (κ3) is 4.33. The molecule has 0 amide bonds. The molecule has 0 saturated carbocycles. The Balaban J connectivity index is 1.17. The van der Waals surface area contributed by atoms with Gasteiger partial charge in [-0.05, 0) is 120 Å². The fraction of sp³-hybridized carbons (Fsp3) is 0.0889. The van der Waals surface area contributed by atoms with Crippen molar-refractivity contribution >= 4 is 44.4 Å². The van der Waals surface area contributed by atoms with E-state index in [9.17, 15) is 0 Å². The van der Waals surface area contributed by atoms with E-state index in [1.165, 1.54) is 77.5 Å². The van der Waals surface area contributed by atoms with Gasteiger partial charge >= 0.3 is 0 Å². The van der Waals surface area contributed by atoms with Crippen LogP contribution >= 0.6 is 0 Å². The molecule has 0 bridgehead atoms. The van der Waals surface area contributed by atoms with Crippen LogP contribution in [0.1, 0.15) is 34.4 Å². The molecule has 51 heavy (non-hydrogen) atoms. The highest BCUT2D eigenvalue weighted by atomic mass is 15.0. The molecular weight excluding hydrogens is 625 g/mol. The molecule has 0 fully saturated rings. The van der Waals surface area contributed by atoms with Gasteiger partial charge in [-0.3, -0.25) is 0 Å². The number of aromatic amines is 1. The van der Waals surface area contributed by atoms with Gasteiger partial charge in [-0.2, -0.15) is 0 Å². The zero-order chi connectivity index (χ0) is 33.5. The topological polar surface area (TPSA) is 64.3 Å². The molecule has 0 aliphatic heterocycles. The second-order valence-electron chi connectivity index (χ2n) is 13.7. The van der Waals surface area contributed by atoms with Crippen molar-refractivity contribution in [2.45, 2.75) is 25.7 Å². The first kappa shape index (κ1) is 28.3. The summed E-state index contributed by atoms with van der Waals surface area (Å²) in [6.07, 6.45) is 15.4. The fourth-order valence-electron chi connectivity index (χ4n) is 8.66. The summed E-state index contributed by atoms with van der Waals surface area (Å²) in [6.45, 7) is 0. The molecule has 0 saturated heterocycles. The highest BCUT2D eigenvalue weighted by Gasteiger charge is 2.26. The molecule has 4 heterocycles. The summed E-state index contributed by atoms with van der Waals surface area (Å²) in [7, 11) is 0. The molecule has 0 atom stereocenters. The van der Waals surface area contributed by atoms with E-state index in [2.05, 4.69) is 138 Å². The molecule has 2 aliphatic carbocycles. The summed E-state index contributed by atoms with van der Waals surface area (Å²) in [6, 6.07) is 38.3. The summed E-state index contributed by atoms with van der Waals surface area (Å²) in [5, 5.41) is 3.85. The summed E-state index contributed by atoms with van der Waals surface area (Å²) in [4.78, 5) is 16.2. The van der Waals surface area contributed by atoms with Crippen LogP contribution in [0.15, 0.2) is 134 Å². The van der Waals surface area contributed by atoms with Crippen molar-refractivity contribution in [3.8, 4) is 33.8 Å². The van der Waals surface area contributed by atoms with E-state index in [0.29, 0.717) is 0 Å². The predicted octanol–water partition coefficient (Wildman–Crippen LogP) is 10.2. The van der Waals surface area contributed by atoms with E-state index >= 15 is 0 Å². The Morgan fingerprint density at radius 1 is 0.529 bits per heavy atom. The molecule has 0 radical (unpaired) electrons. The minimum atomic E-state index is 0.955. The van der Waals surface area contributed by atoms with E-state index < -0.39 is 0 Å². The Bertz CT molecular complexity index is 2820. The molecule has 11 rings (SSSR count). The van der Waals surface area contributed by atoms with Gasteiger partial charge in [-0.1, -0.05) is 42.5 Å². The summed E-state index contributed by atoms with van der Waals surface area (Å²) in [5.74, 6) is 0. The molecule has 6 nitrogen and oxygen atoms in total. The van der Waals surface area contributed by atoms with Gasteiger partial charge in [0, 0.05) is 62.3 Å². The van der Waals surface area contributed by atoms with Crippen LogP contribution in [-0.2, 0) is 19.3 Å². The number of hydrogen-bond acceptors (Lipinski definition) is 3. The van der Waals surface area contributed by atoms with Crippen molar-refractivity contribution in [2.75, 3.05) is 0 Å². The lowest BCUT2D eigenvalue weighted by Gasteiger charge is -2.22. The molecule has 5 aromatic carbocycles. The van der Waals surface area contributed by atoms with Crippen molar-refractivity contribution in [2.24, 2.45) is 0 Å². The molecule has 1 N–H and O–H groups in total. The number of allylic oxidation sites excluding steroid dienone is 1. The minimum Gasteiger partial charge on any atom is -0.345 e. The summed E-state index contributed by atoms with van der Waals surface area (Å²) < 4.78 is 4.93. The van der Waals surface area contributed by atoms with Crippen LogP contribution in [0.5, 0.6) is 0 Å². The van der Waals surface area contributed by atoms with Gasteiger partial charge in [0.25, 0.3) is 0 Å². The van der Waals surface area contributed by atoms with E-state index in [4.69, 9.17) is 0 Å². The largest absolute Gasteiger partial charge is 0.345 e. The Morgan fingerprint density at radius 2 is 1.20 bits per heavy atom. The molecule has 2 aliphatic rings. The number of aromatic nitrogens is 6. The van der Waals surface area contributed by atoms with Crippen LogP contribution in [0, 0.1) is 0 Å². The number of rotatable bonds is 4. The van der Waals surface area contributed by atoms with Crippen molar-refractivity contribution in [3.05, 3.63) is 162 Å². The van der Waals surface area contributed by atoms with Crippen molar-refractivity contribution in [1.82, 2.24) is 29.1 Å². The maximum atomic E-state index is 4.32. The van der Waals surface area contributed by atoms with Gasteiger partial charge < -0.3 is 14.1 Å². The predicted molar refractivity (Wildman–Crippen MR) is 206 cm³/mol. The molecule has 6 heteroatoms. The van der Waals surface area contributed by atoms with Crippen LogP contribution in [0.25, 0.3) is 78.1 Å². The monoisotopic (exact) mass is 656 g/mol. The smallest absolute Gasteiger partial charge is 0.115 e. The third-order valence-corrected chi connectivity index (χ3v) is 11.0. The van der Waals surface area contributed by atoms with Crippen LogP contribution < -0.4 is 0 Å². The number of benzene rings is 5. The molecule has 0 unspecified atom stereocenters. The summed E-state index contributed by atoms with van der Waals surface area (Å²) >= 11 is 0. The SMILES string of the molecule is C1=C(c2cncnc2)CCc2c1c1cc3c(cc1n2-c1ccccc1)-c1cc2c(cc1CC3)c1cc(-c3cnc[nH]3)ccc1n2-c1ccccc1. The summed E-state index contributed by atoms with van der Waals surface area (Å²) in [5.41, 5.74) is 18.8. The second kappa shape index (κ2) is 11.0. The molecule has 9 aromatic rings. The number of hydrogen-bond donors (Lipinski definition) is 1. The van der Waals surface area contributed by atoms with Gasteiger partial charge in [0.2, 0.25) is 0 Å². The quantitative estimate of drug-likeness (QED) is 0.205. The normalized spacial score (nSPS) is 13.7. The zero-order valence-electron chi connectivity index (χ0n) is 27.8. The van der Waals surface area contributed by atoms with E-state index in [-0.39, 0.29) is 0 Å². The Kier molecular flexibility index (Phi) is 6.10. The Morgan fingerprint density at radius 3 is 1.90 bits per heavy atom. The van der Waals surface area contributed by atoms with Gasteiger partial charge in [0.05, 0.1) is 34.8 Å². The first-order valence-corrected chi connectivity index (χ1v) is 17.7. The third-order valence-electron chi connectivity index (χ3n) is 11.0. The van der Waals surface area contributed by atoms with E-state index in [0.717, 1.165) is 48.2 Å². The van der Waals surface area contributed by atoms with Gasteiger partial charge in [-0.25, -0.2) is 15.0 Å². The number of imidazole rings is 1. The van der Waals surface area contributed by atoms with E-state index in [1.807, 2.05) is 18.6 Å². The van der Waals surface area contributed by atoms with Crippen LogP contribution in [0.3, 0.4) is 0 Å². The number of fused-ring (bicyclic) bond motifs is 9. The van der Waals surface area contributed by atoms with Crippen molar-refractivity contribution in [3.63, 3.8) is 0 Å². The van der Waals surface area contributed by atoms with Crippen LogP contribution in [0.4, 0.5) is 0 Å². The number of para-hydroxylation sites is 2. The number of nitrogens with one attached hydrogen (secondary N) is 1. The average molecular weight is 657 g/mol. The maximum Gasteiger partial charge on any atom is 0.115 e. The highest BCUT2D eigenvalue weighted by molar-refractivity contribution is 6.12. The average Bonchev–Trinajstić information content (AvgIpc) is 3.92. The van der Waals surface area contributed by atoms with Crippen molar-refractivity contribution in [1.29, 1.82) is 0 Å². The van der Waals surface area contributed by atoms with Crippen molar-refractivity contribution < 1.29 is 0 Å². The zero-order valence-corrected chi connectivity index (χ0v) is 27.8. The van der Waals surface area contributed by atoms with Crippen LogP contribution in [-0.4, -0.2) is 29.1 Å². The Labute approximate surface area is 294 Å². The second-order valence-corrected chi connectivity index (χ2v) is 13.7.